The van der Waals surface area contributed by atoms with Gasteiger partial charge in [0.2, 0.25) is 0 Å². The second kappa shape index (κ2) is 4.19. The fourth-order valence-electron chi connectivity index (χ4n) is 5.13. The summed E-state index contributed by atoms with van der Waals surface area (Å²) in [6.45, 7) is 7.73. The Morgan fingerprint density at radius 2 is 1.84 bits per heavy atom. The molecule has 0 aromatic heterocycles. The quantitative estimate of drug-likeness (QED) is 0.716. The fourth-order valence-corrected chi connectivity index (χ4v) is 5.13. The van der Waals surface area contributed by atoms with E-state index in [1.54, 1.807) is 0 Å². The first-order valence-electron chi connectivity index (χ1n) is 7.16. The van der Waals surface area contributed by atoms with E-state index in [0.717, 1.165) is 12.8 Å². The van der Waals surface area contributed by atoms with E-state index >= 15 is 0 Å². The average Bonchev–Trinajstić information content (AvgIpc) is 2.42. The molecule has 110 valence electrons. The van der Waals surface area contributed by atoms with Crippen molar-refractivity contribution in [3.63, 3.8) is 0 Å². The highest BCUT2D eigenvalue weighted by molar-refractivity contribution is 5.72. The van der Waals surface area contributed by atoms with Crippen LogP contribution in [0.2, 0.25) is 0 Å². The van der Waals surface area contributed by atoms with Crippen LogP contribution in [0.25, 0.3) is 0 Å². The highest BCUT2D eigenvalue weighted by Crippen LogP contribution is 2.66. The molecule has 5 unspecified atom stereocenters. The molecule has 5 atom stereocenters. The van der Waals surface area contributed by atoms with Crippen LogP contribution in [0.5, 0.6) is 0 Å². The van der Waals surface area contributed by atoms with Crippen LogP contribution in [0.4, 0.5) is 0 Å². The number of carbonyl (C=O) groups is 1. The van der Waals surface area contributed by atoms with Crippen LogP contribution in [0.15, 0.2) is 0 Å². The van der Waals surface area contributed by atoms with Gasteiger partial charge in [-0.15, -0.1) is 0 Å². The minimum absolute atomic E-state index is 0.0569. The zero-order chi connectivity index (χ0) is 14.6. The number of rotatable bonds is 2. The summed E-state index contributed by atoms with van der Waals surface area (Å²) in [5, 5.41) is 30.7. The summed E-state index contributed by atoms with van der Waals surface area (Å²) in [6, 6.07) is 0. The molecule has 0 aromatic rings. The van der Waals surface area contributed by atoms with Gasteiger partial charge in [0.15, 0.2) is 0 Å². The van der Waals surface area contributed by atoms with Gasteiger partial charge in [0, 0.05) is 5.41 Å². The van der Waals surface area contributed by atoms with Crippen molar-refractivity contribution in [3.05, 3.63) is 0 Å². The summed E-state index contributed by atoms with van der Waals surface area (Å²) in [5.74, 6) is -1.84. The fraction of sp³-hybridized carbons (Fsp3) is 0.933. The molecule has 0 radical (unpaired) electrons. The zero-order valence-corrected chi connectivity index (χ0v) is 12.3. The first-order valence-corrected chi connectivity index (χ1v) is 7.16. The average molecular weight is 270 g/mol. The lowest BCUT2D eigenvalue weighted by molar-refractivity contribution is -0.197. The lowest BCUT2D eigenvalue weighted by Gasteiger charge is -2.51. The van der Waals surface area contributed by atoms with Crippen LogP contribution in [0, 0.1) is 28.6 Å². The van der Waals surface area contributed by atoms with Crippen LogP contribution in [-0.4, -0.2) is 33.5 Å². The van der Waals surface area contributed by atoms with Crippen molar-refractivity contribution < 1.29 is 20.1 Å². The van der Waals surface area contributed by atoms with Crippen molar-refractivity contribution in [2.24, 2.45) is 28.6 Å². The minimum atomic E-state index is -1.31. The van der Waals surface area contributed by atoms with E-state index < -0.39 is 22.9 Å². The lowest BCUT2D eigenvalue weighted by atomic mass is 9.56. The van der Waals surface area contributed by atoms with Crippen LogP contribution in [-0.2, 0) is 4.79 Å². The summed E-state index contributed by atoms with van der Waals surface area (Å²) in [6.07, 6.45) is 2.33. The third-order valence-corrected chi connectivity index (χ3v) is 5.86. The normalized spacial score (nSPS) is 48.8. The van der Waals surface area contributed by atoms with Gasteiger partial charge in [-0.3, -0.25) is 4.79 Å². The molecule has 4 nitrogen and oxygen atoms in total. The van der Waals surface area contributed by atoms with Gasteiger partial charge >= 0.3 is 5.97 Å². The van der Waals surface area contributed by atoms with Crippen LogP contribution in [0.3, 0.4) is 0 Å². The van der Waals surface area contributed by atoms with E-state index in [2.05, 4.69) is 13.8 Å². The van der Waals surface area contributed by atoms with Crippen LogP contribution < -0.4 is 0 Å². The van der Waals surface area contributed by atoms with E-state index in [4.69, 9.17) is 0 Å². The van der Waals surface area contributed by atoms with E-state index in [1.807, 2.05) is 13.8 Å². The third kappa shape index (κ3) is 1.76. The molecule has 0 saturated heterocycles. The summed E-state index contributed by atoms with van der Waals surface area (Å²) >= 11 is 0. The van der Waals surface area contributed by atoms with Crippen LogP contribution in [0.1, 0.15) is 47.0 Å². The second-order valence-electron chi connectivity index (χ2n) is 7.63. The summed E-state index contributed by atoms with van der Waals surface area (Å²) in [5.41, 5.74) is -2.19. The number of hydrogen-bond donors (Lipinski definition) is 3. The van der Waals surface area contributed by atoms with Gasteiger partial charge in [0.1, 0.15) is 0 Å². The molecule has 0 spiro atoms. The van der Waals surface area contributed by atoms with E-state index in [9.17, 15) is 20.1 Å². The van der Waals surface area contributed by atoms with Crippen LogP contribution >= 0.6 is 0 Å². The maximum Gasteiger partial charge on any atom is 0.309 e. The van der Waals surface area contributed by atoms with Crippen molar-refractivity contribution in [1.29, 1.82) is 0 Å². The van der Waals surface area contributed by atoms with Crippen molar-refractivity contribution in [2.75, 3.05) is 6.61 Å². The first kappa shape index (κ1) is 14.8. The van der Waals surface area contributed by atoms with Gasteiger partial charge < -0.3 is 15.3 Å². The molecule has 0 heterocycles. The second-order valence-corrected chi connectivity index (χ2v) is 7.63. The number of hydrogen-bond acceptors (Lipinski definition) is 3. The Labute approximate surface area is 114 Å². The van der Waals surface area contributed by atoms with E-state index in [0.29, 0.717) is 6.42 Å². The molecular weight excluding hydrogens is 244 g/mol. The Bertz CT molecular complexity index is 392. The van der Waals surface area contributed by atoms with E-state index in [-0.39, 0.29) is 23.9 Å². The Morgan fingerprint density at radius 3 is 2.32 bits per heavy atom. The van der Waals surface area contributed by atoms with Crippen molar-refractivity contribution in [3.8, 4) is 0 Å². The molecule has 0 aromatic carbocycles. The van der Waals surface area contributed by atoms with Crippen molar-refractivity contribution >= 4 is 5.97 Å². The molecule has 19 heavy (non-hydrogen) atoms. The Morgan fingerprint density at radius 1 is 1.26 bits per heavy atom. The number of aliphatic carboxylic acids is 1. The molecule has 3 N–H and O–H groups in total. The Hall–Kier alpha value is -0.610. The molecule has 0 amide bonds. The third-order valence-electron chi connectivity index (χ3n) is 5.86. The van der Waals surface area contributed by atoms with Gasteiger partial charge in [0.05, 0.1) is 18.1 Å². The number of aliphatic hydroxyl groups is 2. The SMILES string of the molecule is CC1CCC2C(C)(C)CC(C)(CO)C2(O)C1C(=O)O. The first-order chi connectivity index (χ1) is 8.60. The molecule has 2 fully saturated rings. The maximum atomic E-state index is 11.7. The van der Waals surface area contributed by atoms with Crippen molar-refractivity contribution in [1.82, 2.24) is 0 Å². The molecule has 2 rings (SSSR count). The molecule has 2 saturated carbocycles. The summed E-state index contributed by atoms with van der Waals surface area (Å²) in [4.78, 5) is 11.7. The monoisotopic (exact) mass is 270 g/mol. The molecule has 0 bridgehead atoms. The summed E-state index contributed by atoms with van der Waals surface area (Å²) in [7, 11) is 0. The number of carboxylic acids is 1. The Balaban J connectivity index is 2.57. The number of aliphatic hydroxyl groups excluding tert-OH is 1. The highest BCUT2D eigenvalue weighted by Gasteiger charge is 2.70. The predicted octanol–water partition coefficient (Wildman–Crippen LogP) is 1.89. The smallest absolute Gasteiger partial charge is 0.309 e. The topological polar surface area (TPSA) is 77.8 Å². The minimum Gasteiger partial charge on any atom is -0.481 e. The van der Waals surface area contributed by atoms with Gasteiger partial charge in [-0.05, 0) is 36.5 Å². The molecule has 0 aliphatic heterocycles. The molecular formula is C15H26O4. The summed E-state index contributed by atoms with van der Waals surface area (Å²) < 4.78 is 0. The van der Waals surface area contributed by atoms with Crippen molar-refractivity contribution in [2.45, 2.75) is 52.6 Å². The van der Waals surface area contributed by atoms with Gasteiger partial charge in [-0.25, -0.2) is 0 Å². The molecule has 2 aliphatic rings. The highest BCUT2D eigenvalue weighted by atomic mass is 16.4. The standard InChI is InChI=1S/C15H26O4/c1-9-5-6-10-13(2,3)7-14(4,8-16)15(10,19)11(9)12(17)18/h9-11,16,19H,5-8H2,1-4H3,(H,17,18). The number of carboxylic acid groups (broad SMARTS) is 1. The predicted molar refractivity (Wildman–Crippen MR) is 71.6 cm³/mol. The van der Waals surface area contributed by atoms with Gasteiger partial charge in [-0.2, -0.15) is 0 Å². The molecule has 2 aliphatic carbocycles. The zero-order valence-electron chi connectivity index (χ0n) is 12.3. The largest absolute Gasteiger partial charge is 0.481 e. The lowest BCUT2D eigenvalue weighted by Crippen LogP contribution is -2.61. The van der Waals surface area contributed by atoms with Gasteiger partial charge in [-0.1, -0.05) is 27.7 Å². The van der Waals surface area contributed by atoms with E-state index in [1.165, 1.54) is 0 Å². The van der Waals surface area contributed by atoms with Gasteiger partial charge in [0.25, 0.3) is 0 Å². The number of fused-ring (bicyclic) bond motifs is 1. The maximum absolute atomic E-state index is 11.7. The molecule has 4 heteroatoms. The Kier molecular flexibility index (Phi) is 3.26.